The van der Waals surface area contributed by atoms with Crippen molar-refractivity contribution in [1.29, 1.82) is 0 Å². The molecule has 1 aromatic rings. The van der Waals surface area contributed by atoms with Gasteiger partial charge < -0.3 is 5.32 Å². The van der Waals surface area contributed by atoms with Gasteiger partial charge in [-0.05, 0) is 56.6 Å². The Labute approximate surface area is 110 Å². The van der Waals surface area contributed by atoms with Gasteiger partial charge in [-0.1, -0.05) is 18.2 Å². The number of nitrogens with zero attached hydrogens (tertiary/aromatic N) is 1. The highest BCUT2D eigenvalue weighted by molar-refractivity contribution is 5.13. The van der Waals surface area contributed by atoms with Crippen LogP contribution in [0.3, 0.4) is 0 Å². The third-order valence-electron chi connectivity index (χ3n) is 4.62. The Hall–Kier alpha value is -1.15. The van der Waals surface area contributed by atoms with Crippen LogP contribution in [-0.2, 0) is 0 Å². The number of allylic oxidation sites excluding steroid dienone is 2. The van der Waals surface area contributed by atoms with Crippen molar-refractivity contribution in [1.82, 2.24) is 10.3 Å². The van der Waals surface area contributed by atoms with Crippen molar-refractivity contribution in [3.8, 4) is 0 Å². The third kappa shape index (κ3) is 2.22. The van der Waals surface area contributed by atoms with E-state index in [1.807, 2.05) is 12.3 Å². The topological polar surface area (TPSA) is 24.9 Å². The van der Waals surface area contributed by atoms with Crippen LogP contribution in [0.15, 0.2) is 36.5 Å². The summed E-state index contributed by atoms with van der Waals surface area (Å²) in [6.45, 7) is 4.54. The molecule has 0 amide bonds. The van der Waals surface area contributed by atoms with Crippen molar-refractivity contribution in [3.63, 3.8) is 0 Å². The zero-order valence-electron chi connectivity index (χ0n) is 11.2. The normalized spacial score (nSPS) is 32.7. The van der Waals surface area contributed by atoms with Gasteiger partial charge in [0.1, 0.15) is 0 Å². The first kappa shape index (κ1) is 11.9. The summed E-state index contributed by atoms with van der Waals surface area (Å²) in [6.07, 6.45) is 9.47. The van der Waals surface area contributed by atoms with E-state index >= 15 is 0 Å². The molecule has 0 aliphatic heterocycles. The predicted octanol–water partition coefficient (Wildman–Crippen LogP) is 3.33. The van der Waals surface area contributed by atoms with E-state index in [1.165, 1.54) is 12.8 Å². The molecule has 18 heavy (non-hydrogen) atoms. The molecule has 4 unspecified atom stereocenters. The van der Waals surface area contributed by atoms with Crippen molar-refractivity contribution in [3.05, 3.63) is 42.2 Å². The van der Waals surface area contributed by atoms with Crippen LogP contribution < -0.4 is 5.32 Å². The highest BCUT2D eigenvalue weighted by Crippen LogP contribution is 2.45. The van der Waals surface area contributed by atoms with Crippen LogP contribution in [-0.4, -0.2) is 11.0 Å². The van der Waals surface area contributed by atoms with Gasteiger partial charge in [-0.2, -0.15) is 0 Å². The first-order chi connectivity index (χ1) is 8.74. The summed E-state index contributed by atoms with van der Waals surface area (Å²) in [5, 5.41) is 3.73. The number of pyridine rings is 1. The molecule has 0 aromatic carbocycles. The maximum Gasteiger partial charge on any atom is 0.0570 e. The average Bonchev–Trinajstić information content (AvgIpc) is 3.02. The second kappa shape index (κ2) is 4.85. The van der Waals surface area contributed by atoms with Crippen molar-refractivity contribution >= 4 is 0 Å². The van der Waals surface area contributed by atoms with Crippen LogP contribution in [0.4, 0.5) is 0 Å². The van der Waals surface area contributed by atoms with Gasteiger partial charge in [0, 0.05) is 18.3 Å². The number of hydrogen-bond donors (Lipinski definition) is 1. The second-order valence-electron chi connectivity index (χ2n) is 5.88. The minimum Gasteiger partial charge on any atom is -0.306 e. The van der Waals surface area contributed by atoms with Crippen molar-refractivity contribution in [2.24, 2.45) is 17.8 Å². The van der Waals surface area contributed by atoms with Crippen LogP contribution in [0.2, 0.25) is 0 Å². The van der Waals surface area contributed by atoms with E-state index < -0.39 is 0 Å². The van der Waals surface area contributed by atoms with Gasteiger partial charge in [0.25, 0.3) is 0 Å². The number of nitrogens with one attached hydrogen (secondary N) is 1. The molecule has 2 bridgehead atoms. The molecule has 1 fully saturated rings. The van der Waals surface area contributed by atoms with Crippen LogP contribution >= 0.6 is 0 Å². The van der Waals surface area contributed by atoms with Crippen LogP contribution in [0, 0.1) is 17.8 Å². The molecule has 5 atom stereocenters. The average molecular weight is 242 g/mol. The predicted molar refractivity (Wildman–Crippen MR) is 74.1 cm³/mol. The molecule has 2 aliphatic rings. The van der Waals surface area contributed by atoms with Gasteiger partial charge in [0.15, 0.2) is 0 Å². The van der Waals surface area contributed by atoms with E-state index in [9.17, 15) is 0 Å². The molecule has 96 valence electrons. The van der Waals surface area contributed by atoms with Crippen molar-refractivity contribution in [2.75, 3.05) is 0 Å². The fourth-order valence-electron chi connectivity index (χ4n) is 3.63. The number of aromatic nitrogens is 1. The van der Waals surface area contributed by atoms with E-state index in [2.05, 4.69) is 48.4 Å². The minimum atomic E-state index is 0.337. The van der Waals surface area contributed by atoms with E-state index in [0.717, 1.165) is 23.4 Å². The lowest BCUT2D eigenvalue weighted by Gasteiger charge is -2.29. The molecule has 2 nitrogen and oxygen atoms in total. The summed E-state index contributed by atoms with van der Waals surface area (Å²) >= 11 is 0. The van der Waals surface area contributed by atoms with Crippen LogP contribution in [0.5, 0.6) is 0 Å². The summed E-state index contributed by atoms with van der Waals surface area (Å²) in [5.74, 6) is 2.48. The van der Waals surface area contributed by atoms with Gasteiger partial charge in [-0.15, -0.1) is 0 Å². The summed E-state index contributed by atoms with van der Waals surface area (Å²) < 4.78 is 0. The van der Waals surface area contributed by atoms with E-state index in [1.54, 1.807) is 0 Å². The molecule has 1 heterocycles. The number of rotatable bonds is 4. The standard InChI is InChI=1S/C16H22N2/c1-11(15-10-13-6-7-14(15)9-13)18-12(2)16-5-3-4-8-17-16/h3-8,11-15,18H,9-10H2,1-2H3/t11?,12-,13?,14?,15?/m1/s1. The molecule has 0 spiro atoms. The van der Waals surface area contributed by atoms with Crippen LogP contribution in [0.25, 0.3) is 0 Å². The van der Waals surface area contributed by atoms with Gasteiger partial charge in [0.2, 0.25) is 0 Å². The van der Waals surface area contributed by atoms with E-state index in [0.29, 0.717) is 12.1 Å². The zero-order valence-corrected chi connectivity index (χ0v) is 11.2. The summed E-state index contributed by atoms with van der Waals surface area (Å²) in [6, 6.07) is 7.04. The first-order valence-corrected chi connectivity index (χ1v) is 7.09. The SMILES string of the molecule is CC(N[C@H](C)c1ccccn1)C1CC2C=CC1C2. The highest BCUT2D eigenvalue weighted by atomic mass is 15.0. The van der Waals surface area contributed by atoms with Gasteiger partial charge >= 0.3 is 0 Å². The number of fused-ring (bicyclic) bond motifs is 2. The zero-order chi connectivity index (χ0) is 12.5. The Morgan fingerprint density at radius 3 is 2.72 bits per heavy atom. The Morgan fingerprint density at radius 2 is 2.11 bits per heavy atom. The number of hydrogen-bond acceptors (Lipinski definition) is 2. The Morgan fingerprint density at radius 1 is 1.22 bits per heavy atom. The summed E-state index contributed by atoms with van der Waals surface area (Å²) in [4.78, 5) is 4.43. The molecule has 3 rings (SSSR count). The van der Waals surface area contributed by atoms with Gasteiger partial charge in [0.05, 0.1) is 5.69 Å². The highest BCUT2D eigenvalue weighted by Gasteiger charge is 2.38. The fourth-order valence-corrected chi connectivity index (χ4v) is 3.63. The lowest BCUT2D eigenvalue weighted by Crippen LogP contribution is -2.37. The Kier molecular flexibility index (Phi) is 3.21. The first-order valence-electron chi connectivity index (χ1n) is 7.09. The lowest BCUT2D eigenvalue weighted by atomic mass is 9.87. The van der Waals surface area contributed by atoms with Crippen molar-refractivity contribution in [2.45, 2.75) is 38.8 Å². The molecular formula is C16H22N2. The largest absolute Gasteiger partial charge is 0.306 e. The molecule has 1 aromatic heterocycles. The van der Waals surface area contributed by atoms with E-state index in [4.69, 9.17) is 0 Å². The Balaban J connectivity index is 1.61. The van der Waals surface area contributed by atoms with Gasteiger partial charge in [-0.3, -0.25) is 4.98 Å². The molecule has 1 N–H and O–H groups in total. The van der Waals surface area contributed by atoms with Gasteiger partial charge in [-0.25, -0.2) is 0 Å². The Bertz CT molecular complexity index is 426. The molecule has 0 saturated heterocycles. The summed E-state index contributed by atoms with van der Waals surface area (Å²) in [5.41, 5.74) is 1.14. The molecule has 1 saturated carbocycles. The lowest BCUT2D eigenvalue weighted by molar-refractivity contribution is 0.305. The quantitative estimate of drug-likeness (QED) is 0.819. The maximum atomic E-state index is 4.43. The van der Waals surface area contributed by atoms with Crippen LogP contribution in [0.1, 0.15) is 38.4 Å². The molecule has 2 aliphatic carbocycles. The monoisotopic (exact) mass is 242 g/mol. The summed E-state index contributed by atoms with van der Waals surface area (Å²) in [7, 11) is 0. The smallest absolute Gasteiger partial charge is 0.0570 e. The molecular weight excluding hydrogens is 220 g/mol. The minimum absolute atomic E-state index is 0.337. The van der Waals surface area contributed by atoms with E-state index in [-0.39, 0.29) is 0 Å². The second-order valence-corrected chi connectivity index (χ2v) is 5.88. The molecule has 0 radical (unpaired) electrons. The van der Waals surface area contributed by atoms with Crippen molar-refractivity contribution < 1.29 is 0 Å². The fraction of sp³-hybridized carbons (Fsp3) is 0.562. The maximum absolute atomic E-state index is 4.43. The molecule has 2 heteroatoms. The third-order valence-corrected chi connectivity index (χ3v) is 4.62.